The van der Waals surface area contributed by atoms with E-state index >= 15 is 0 Å². The number of amides is 2. The molecule has 132 valence electrons. The standard InChI is InChI=1S/C18H26FN3O2/c19-16-6-4-15(5-7-16)17(23)14-20-10-12-22(13-11-20)18(24)21-8-2-1-3-9-21/h4-7,17,23H,1-3,8-14H2. The van der Waals surface area contributed by atoms with Crippen molar-refractivity contribution in [3.8, 4) is 0 Å². The molecule has 0 aliphatic carbocycles. The minimum atomic E-state index is -0.630. The van der Waals surface area contributed by atoms with Gasteiger partial charge in [-0.25, -0.2) is 9.18 Å². The first-order valence-corrected chi connectivity index (χ1v) is 8.83. The van der Waals surface area contributed by atoms with Crippen molar-refractivity contribution in [2.75, 3.05) is 45.8 Å². The van der Waals surface area contributed by atoms with Crippen molar-refractivity contribution in [2.45, 2.75) is 25.4 Å². The molecule has 1 unspecified atom stereocenters. The summed E-state index contributed by atoms with van der Waals surface area (Å²) >= 11 is 0. The second-order valence-corrected chi connectivity index (χ2v) is 6.69. The maximum Gasteiger partial charge on any atom is 0.320 e. The maximum absolute atomic E-state index is 12.9. The van der Waals surface area contributed by atoms with Gasteiger partial charge in [0.15, 0.2) is 0 Å². The number of piperidine rings is 1. The number of β-amino-alcohol motifs (C(OH)–C–C–N with tert-alkyl or cyclic N) is 1. The van der Waals surface area contributed by atoms with Gasteiger partial charge in [-0.05, 0) is 37.0 Å². The van der Waals surface area contributed by atoms with Gasteiger partial charge in [-0.1, -0.05) is 12.1 Å². The number of hydrogen-bond acceptors (Lipinski definition) is 3. The quantitative estimate of drug-likeness (QED) is 0.920. The monoisotopic (exact) mass is 335 g/mol. The summed E-state index contributed by atoms with van der Waals surface area (Å²) in [4.78, 5) is 18.5. The molecule has 5 nitrogen and oxygen atoms in total. The Balaban J connectivity index is 1.46. The molecule has 2 aliphatic heterocycles. The number of likely N-dealkylation sites (tertiary alicyclic amines) is 1. The number of carbonyl (C=O) groups excluding carboxylic acids is 1. The van der Waals surface area contributed by atoms with E-state index in [2.05, 4.69) is 4.90 Å². The van der Waals surface area contributed by atoms with Gasteiger partial charge in [0, 0.05) is 45.8 Å². The molecule has 3 rings (SSSR count). The van der Waals surface area contributed by atoms with Crippen LogP contribution in [0.1, 0.15) is 30.9 Å². The van der Waals surface area contributed by atoms with E-state index < -0.39 is 6.10 Å². The fraction of sp³-hybridized carbons (Fsp3) is 0.611. The van der Waals surface area contributed by atoms with Crippen molar-refractivity contribution >= 4 is 6.03 Å². The summed E-state index contributed by atoms with van der Waals surface area (Å²) in [5, 5.41) is 10.3. The molecule has 0 radical (unpaired) electrons. The molecule has 1 aromatic rings. The van der Waals surface area contributed by atoms with Crippen LogP contribution in [0.25, 0.3) is 0 Å². The van der Waals surface area contributed by atoms with Crippen LogP contribution < -0.4 is 0 Å². The molecule has 0 bridgehead atoms. The Morgan fingerprint density at radius 2 is 1.54 bits per heavy atom. The van der Waals surface area contributed by atoms with Crippen molar-refractivity contribution in [1.82, 2.24) is 14.7 Å². The number of halogens is 1. The highest BCUT2D eigenvalue weighted by Crippen LogP contribution is 2.17. The third kappa shape index (κ3) is 4.24. The molecule has 24 heavy (non-hydrogen) atoms. The summed E-state index contributed by atoms with van der Waals surface area (Å²) in [5.41, 5.74) is 0.725. The molecule has 1 atom stereocenters. The van der Waals surface area contributed by atoms with Crippen molar-refractivity contribution in [3.63, 3.8) is 0 Å². The van der Waals surface area contributed by atoms with Crippen LogP contribution in [0.5, 0.6) is 0 Å². The van der Waals surface area contributed by atoms with Gasteiger partial charge >= 0.3 is 6.03 Å². The van der Waals surface area contributed by atoms with Crippen molar-refractivity contribution in [2.24, 2.45) is 0 Å². The van der Waals surface area contributed by atoms with E-state index in [0.29, 0.717) is 19.6 Å². The third-order valence-corrected chi connectivity index (χ3v) is 4.96. The summed E-state index contributed by atoms with van der Waals surface area (Å²) in [7, 11) is 0. The van der Waals surface area contributed by atoms with Gasteiger partial charge in [-0.3, -0.25) is 4.90 Å². The van der Waals surface area contributed by atoms with E-state index in [1.54, 1.807) is 12.1 Å². The molecule has 2 amide bonds. The molecule has 0 spiro atoms. The number of benzene rings is 1. The van der Waals surface area contributed by atoms with Crippen LogP contribution in [0.4, 0.5) is 9.18 Å². The smallest absolute Gasteiger partial charge is 0.320 e. The average molecular weight is 335 g/mol. The number of nitrogens with zero attached hydrogens (tertiary/aromatic N) is 3. The Morgan fingerprint density at radius 1 is 0.958 bits per heavy atom. The third-order valence-electron chi connectivity index (χ3n) is 4.96. The zero-order valence-electron chi connectivity index (χ0n) is 14.0. The van der Waals surface area contributed by atoms with Crippen LogP contribution in [0, 0.1) is 5.82 Å². The van der Waals surface area contributed by atoms with Crippen LogP contribution >= 0.6 is 0 Å². The van der Waals surface area contributed by atoms with Gasteiger partial charge in [0.05, 0.1) is 6.10 Å². The van der Waals surface area contributed by atoms with E-state index in [0.717, 1.165) is 44.6 Å². The minimum absolute atomic E-state index is 0.161. The van der Waals surface area contributed by atoms with E-state index in [1.165, 1.54) is 18.6 Å². The van der Waals surface area contributed by atoms with Gasteiger partial charge < -0.3 is 14.9 Å². The lowest BCUT2D eigenvalue weighted by atomic mass is 10.1. The summed E-state index contributed by atoms with van der Waals surface area (Å²) < 4.78 is 12.9. The Labute approximate surface area is 142 Å². The van der Waals surface area contributed by atoms with Gasteiger partial charge in [-0.2, -0.15) is 0 Å². The zero-order valence-corrected chi connectivity index (χ0v) is 14.0. The zero-order chi connectivity index (χ0) is 16.9. The number of urea groups is 1. The average Bonchev–Trinajstić information content (AvgIpc) is 2.63. The first-order valence-electron chi connectivity index (χ1n) is 8.83. The minimum Gasteiger partial charge on any atom is -0.387 e. The molecular weight excluding hydrogens is 309 g/mol. The van der Waals surface area contributed by atoms with E-state index in [-0.39, 0.29) is 11.8 Å². The summed E-state index contributed by atoms with van der Waals surface area (Å²) in [6.07, 6.45) is 2.80. The summed E-state index contributed by atoms with van der Waals surface area (Å²) in [5.74, 6) is -0.296. The summed E-state index contributed by atoms with van der Waals surface area (Å²) in [6.45, 7) is 5.19. The fourth-order valence-corrected chi connectivity index (χ4v) is 3.44. The van der Waals surface area contributed by atoms with Crippen molar-refractivity contribution < 1.29 is 14.3 Å². The van der Waals surface area contributed by atoms with E-state index in [1.807, 2.05) is 9.80 Å². The predicted octanol–water partition coefficient (Wildman–Crippen LogP) is 2.08. The first kappa shape index (κ1) is 17.2. The van der Waals surface area contributed by atoms with Crippen LogP contribution in [0.15, 0.2) is 24.3 Å². The lowest BCUT2D eigenvalue weighted by Gasteiger charge is -2.39. The SMILES string of the molecule is O=C(N1CCCCC1)N1CCN(CC(O)c2ccc(F)cc2)CC1. The Hall–Kier alpha value is -1.66. The van der Waals surface area contributed by atoms with Crippen molar-refractivity contribution in [1.29, 1.82) is 0 Å². The molecule has 2 saturated heterocycles. The van der Waals surface area contributed by atoms with Crippen molar-refractivity contribution in [3.05, 3.63) is 35.6 Å². The van der Waals surface area contributed by atoms with Gasteiger partial charge in [0.1, 0.15) is 5.82 Å². The highest BCUT2D eigenvalue weighted by Gasteiger charge is 2.26. The molecular formula is C18H26FN3O2. The number of aliphatic hydroxyl groups is 1. The fourth-order valence-electron chi connectivity index (χ4n) is 3.44. The normalized spacial score (nSPS) is 20.9. The van der Waals surface area contributed by atoms with Crippen LogP contribution in [-0.4, -0.2) is 71.7 Å². The lowest BCUT2D eigenvalue weighted by Crippen LogP contribution is -2.54. The number of rotatable bonds is 3. The van der Waals surface area contributed by atoms with E-state index in [4.69, 9.17) is 0 Å². The van der Waals surface area contributed by atoms with Gasteiger partial charge in [0.2, 0.25) is 0 Å². The Morgan fingerprint density at radius 3 is 2.17 bits per heavy atom. The molecule has 6 heteroatoms. The largest absolute Gasteiger partial charge is 0.387 e. The molecule has 2 heterocycles. The molecule has 0 aromatic heterocycles. The maximum atomic E-state index is 12.9. The first-order chi connectivity index (χ1) is 11.6. The topological polar surface area (TPSA) is 47.0 Å². The van der Waals surface area contributed by atoms with Crippen LogP contribution in [0.3, 0.4) is 0 Å². The number of hydrogen-bond donors (Lipinski definition) is 1. The predicted molar refractivity (Wildman–Crippen MR) is 90.2 cm³/mol. The molecule has 2 fully saturated rings. The van der Waals surface area contributed by atoms with Gasteiger partial charge in [-0.15, -0.1) is 0 Å². The van der Waals surface area contributed by atoms with Crippen LogP contribution in [0.2, 0.25) is 0 Å². The van der Waals surface area contributed by atoms with E-state index in [9.17, 15) is 14.3 Å². The Kier molecular flexibility index (Phi) is 5.68. The number of carbonyl (C=O) groups is 1. The summed E-state index contributed by atoms with van der Waals surface area (Å²) in [6, 6.07) is 6.14. The second-order valence-electron chi connectivity index (χ2n) is 6.69. The highest BCUT2D eigenvalue weighted by molar-refractivity contribution is 5.74. The molecule has 1 aromatic carbocycles. The molecule has 0 saturated carbocycles. The number of aliphatic hydroxyl groups excluding tert-OH is 1. The Bertz CT molecular complexity index is 538. The second kappa shape index (κ2) is 7.94. The van der Waals surface area contributed by atoms with Crippen LogP contribution in [-0.2, 0) is 0 Å². The highest BCUT2D eigenvalue weighted by atomic mass is 19.1. The van der Waals surface area contributed by atoms with Gasteiger partial charge in [0.25, 0.3) is 0 Å². The molecule has 2 aliphatic rings. The molecule has 1 N–H and O–H groups in total. The lowest BCUT2D eigenvalue weighted by molar-refractivity contribution is 0.0712. The number of piperazine rings is 1.